The second-order valence-electron chi connectivity index (χ2n) is 6.08. The predicted octanol–water partition coefficient (Wildman–Crippen LogP) is 3.91. The summed E-state index contributed by atoms with van der Waals surface area (Å²) < 4.78 is 16.4. The topological polar surface area (TPSA) is 77.8 Å². The van der Waals surface area contributed by atoms with Crippen molar-refractivity contribution in [2.45, 2.75) is 26.9 Å². The first-order valence-corrected chi connectivity index (χ1v) is 8.71. The van der Waals surface area contributed by atoms with E-state index in [2.05, 4.69) is 5.32 Å². The number of amides is 1. The number of aryl methyl sites for hydroxylation is 1. The number of carbonyl (C=O) groups is 1. The largest absolute Gasteiger partial charge is 0.492 e. The number of anilines is 1. The second-order valence-corrected chi connectivity index (χ2v) is 6.08. The molecule has 3 aromatic rings. The number of para-hydroxylation sites is 2. The van der Waals surface area contributed by atoms with Gasteiger partial charge < -0.3 is 19.2 Å². The molecule has 140 valence electrons. The summed E-state index contributed by atoms with van der Waals surface area (Å²) in [5, 5.41) is 3.63. The van der Waals surface area contributed by atoms with Gasteiger partial charge in [0.25, 0.3) is 5.91 Å². The molecule has 1 aromatic heterocycles. The minimum atomic E-state index is -0.756. The lowest BCUT2D eigenvalue weighted by Gasteiger charge is -2.16. The van der Waals surface area contributed by atoms with Crippen LogP contribution in [0.2, 0.25) is 0 Å². The van der Waals surface area contributed by atoms with Crippen LogP contribution in [0.25, 0.3) is 11.0 Å². The lowest BCUT2D eigenvalue weighted by molar-refractivity contribution is -0.122. The number of ether oxygens (including phenoxy) is 2. The van der Waals surface area contributed by atoms with Gasteiger partial charge >= 0.3 is 5.63 Å². The van der Waals surface area contributed by atoms with Crippen molar-refractivity contribution in [2.24, 2.45) is 0 Å². The highest BCUT2D eigenvalue weighted by molar-refractivity contribution is 5.95. The Morgan fingerprint density at radius 3 is 2.74 bits per heavy atom. The standard InChI is InChI=1S/C21H21NO5/c1-4-25-18-8-6-5-7-17(18)22-21(24)14(3)26-15-9-10-16-13(2)11-20(23)27-19(16)12-15/h5-12,14H,4H2,1-3H3,(H,22,24). The fourth-order valence-corrected chi connectivity index (χ4v) is 2.72. The maximum Gasteiger partial charge on any atom is 0.336 e. The maximum atomic E-state index is 12.5. The number of benzene rings is 2. The molecule has 3 rings (SSSR count). The first-order chi connectivity index (χ1) is 13.0. The summed E-state index contributed by atoms with van der Waals surface area (Å²) in [4.78, 5) is 24.0. The number of nitrogens with one attached hydrogen (secondary N) is 1. The summed E-state index contributed by atoms with van der Waals surface area (Å²) in [7, 11) is 0. The Hall–Kier alpha value is -3.28. The lowest BCUT2D eigenvalue weighted by Crippen LogP contribution is -2.30. The molecule has 0 spiro atoms. The third-order valence-corrected chi connectivity index (χ3v) is 4.05. The van der Waals surface area contributed by atoms with Crippen molar-refractivity contribution < 1.29 is 18.7 Å². The zero-order chi connectivity index (χ0) is 19.4. The molecular weight excluding hydrogens is 346 g/mol. The fraction of sp³-hybridized carbons (Fsp3) is 0.238. The number of fused-ring (bicyclic) bond motifs is 1. The van der Waals surface area contributed by atoms with Crippen LogP contribution in [0.5, 0.6) is 11.5 Å². The average Bonchev–Trinajstić information content (AvgIpc) is 2.63. The predicted molar refractivity (Wildman–Crippen MR) is 104 cm³/mol. The van der Waals surface area contributed by atoms with Gasteiger partial charge in [0.05, 0.1) is 12.3 Å². The van der Waals surface area contributed by atoms with Gasteiger partial charge in [0, 0.05) is 17.5 Å². The van der Waals surface area contributed by atoms with Crippen LogP contribution in [0.1, 0.15) is 19.4 Å². The van der Waals surface area contributed by atoms with E-state index in [9.17, 15) is 9.59 Å². The molecule has 1 unspecified atom stereocenters. The summed E-state index contributed by atoms with van der Waals surface area (Å²) in [6.07, 6.45) is -0.756. The van der Waals surface area contributed by atoms with Gasteiger partial charge in [-0.05, 0) is 50.6 Å². The Morgan fingerprint density at radius 2 is 1.96 bits per heavy atom. The molecule has 0 fully saturated rings. The van der Waals surface area contributed by atoms with E-state index in [-0.39, 0.29) is 5.91 Å². The zero-order valence-electron chi connectivity index (χ0n) is 15.4. The molecule has 2 aromatic carbocycles. The molecule has 1 heterocycles. The van der Waals surface area contributed by atoms with Gasteiger partial charge in [-0.3, -0.25) is 4.79 Å². The van der Waals surface area contributed by atoms with Gasteiger partial charge in [0.2, 0.25) is 0 Å². The van der Waals surface area contributed by atoms with Crippen LogP contribution < -0.4 is 20.4 Å². The van der Waals surface area contributed by atoms with Crippen molar-refractivity contribution in [3.8, 4) is 11.5 Å². The van der Waals surface area contributed by atoms with Crippen molar-refractivity contribution in [1.82, 2.24) is 0 Å². The van der Waals surface area contributed by atoms with E-state index in [0.29, 0.717) is 29.4 Å². The molecule has 0 radical (unpaired) electrons. The summed E-state index contributed by atoms with van der Waals surface area (Å²) in [6.45, 7) is 5.87. The minimum absolute atomic E-state index is 0.312. The van der Waals surface area contributed by atoms with E-state index < -0.39 is 11.7 Å². The second kappa shape index (κ2) is 7.95. The Balaban J connectivity index is 1.75. The molecule has 1 N–H and O–H groups in total. The normalized spacial score (nSPS) is 11.8. The van der Waals surface area contributed by atoms with Gasteiger partial charge in [0.15, 0.2) is 6.10 Å². The smallest absolute Gasteiger partial charge is 0.336 e. The van der Waals surface area contributed by atoms with Gasteiger partial charge in [0.1, 0.15) is 17.1 Å². The van der Waals surface area contributed by atoms with Crippen molar-refractivity contribution in [2.75, 3.05) is 11.9 Å². The molecule has 0 saturated heterocycles. The highest BCUT2D eigenvalue weighted by Crippen LogP contribution is 2.25. The zero-order valence-corrected chi connectivity index (χ0v) is 15.4. The number of hydrogen-bond acceptors (Lipinski definition) is 5. The third kappa shape index (κ3) is 4.28. The number of rotatable bonds is 6. The highest BCUT2D eigenvalue weighted by Gasteiger charge is 2.17. The van der Waals surface area contributed by atoms with Crippen molar-refractivity contribution in [3.63, 3.8) is 0 Å². The minimum Gasteiger partial charge on any atom is -0.492 e. The molecule has 1 amide bonds. The Kier molecular flexibility index (Phi) is 5.45. The lowest BCUT2D eigenvalue weighted by atomic mass is 10.1. The monoisotopic (exact) mass is 367 g/mol. The first-order valence-electron chi connectivity index (χ1n) is 8.71. The average molecular weight is 367 g/mol. The summed E-state index contributed by atoms with van der Waals surface area (Å²) in [5.74, 6) is 0.730. The van der Waals surface area contributed by atoms with E-state index in [1.165, 1.54) is 6.07 Å². The Labute approximate surface area is 156 Å². The summed E-state index contributed by atoms with van der Waals surface area (Å²) >= 11 is 0. The summed E-state index contributed by atoms with van der Waals surface area (Å²) in [6, 6.07) is 13.8. The van der Waals surface area contributed by atoms with E-state index >= 15 is 0 Å². The van der Waals surface area contributed by atoms with Crippen LogP contribution in [0.4, 0.5) is 5.69 Å². The first kappa shape index (κ1) is 18.5. The molecule has 6 nitrogen and oxygen atoms in total. The molecule has 0 aliphatic carbocycles. The highest BCUT2D eigenvalue weighted by atomic mass is 16.5. The molecule has 27 heavy (non-hydrogen) atoms. The van der Waals surface area contributed by atoms with Crippen LogP contribution in [0.15, 0.2) is 57.7 Å². The van der Waals surface area contributed by atoms with Gasteiger partial charge in [-0.1, -0.05) is 12.1 Å². The van der Waals surface area contributed by atoms with Gasteiger partial charge in [-0.15, -0.1) is 0 Å². The molecule has 6 heteroatoms. The number of carbonyl (C=O) groups excluding carboxylic acids is 1. The van der Waals surface area contributed by atoms with Crippen LogP contribution in [0, 0.1) is 6.92 Å². The molecular formula is C21H21NO5. The van der Waals surface area contributed by atoms with Crippen molar-refractivity contribution >= 4 is 22.6 Å². The van der Waals surface area contributed by atoms with Crippen LogP contribution >= 0.6 is 0 Å². The van der Waals surface area contributed by atoms with Gasteiger partial charge in [-0.2, -0.15) is 0 Å². The SMILES string of the molecule is CCOc1ccccc1NC(=O)C(C)Oc1ccc2c(C)cc(=O)oc2c1. The maximum absolute atomic E-state index is 12.5. The van der Waals surface area contributed by atoms with Crippen molar-refractivity contribution in [1.29, 1.82) is 0 Å². The molecule has 0 aliphatic rings. The van der Waals surface area contributed by atoms with Crippen LogP contribution in [-0.4, -0.2) is 18.6 Å². The third-order valence-electron chi connectivity index (χ3n) is 4.05. The van der Waals surface area contributed by atoms with E-state index in [1.54, 1.807) is 37.3 Å². The Bertz CT molecular complexity index is 1020. The molecule has 1 atom stereocenters. The van der Waals surface area contributed by atoms with E-state index in [1.807, 2.05) is 26.0 Å². The molecule has 0 bridgehead atoms. The van der Waals surface area contributed by atoms with Crippen molar-refractivity contribution in [3.05, 3.63) is 64.5 Å². The van der Waals surface area contributed by atoms with E-state index in [4.69, 9.17) is 13.9 Å². The van der Waals surface area contributed by atoms with Crippen LogP contribution in [0.3, 0.4) is 0 Å². The fourth-order valence-electron chi connectivity index (χ4n) is 2.72. The quantitative estimate of drug-likeness (QED) is 0.669. The number of hydrogen-bond donors (Lipinski definition) is 1. The molecule has 0 saturated carbocycles. The van der Waals surface area contributed by atoms with Gasteiger partial charge in [-0.25, -0.2) is 4.79 Å². The summed E-state index contributed by atoms with van der Waals surface area (Å²) in [5.41, 5.74) is 1.41. The molecule has 0 aliphatic heterocycles. The van der Waals surface area contributed by atoms with E-state index in [0.717, 1.165) is 10.9 Å². The van der Waals surface area contributed by atoms with Crippen LogP contribution in [-0.2, 0) is 4.79 Å². The Morgan fingerprint density at radius 1 is 1.19 bits per heavy atom.